The first-order chi connectivity index (χ1) is 9.16. The van der Waals surface area contributed by atoms with Crippen molar-refractivity contribution in [1.29, 1.82) is 0 Å². The Labute approximate surface area is 115 Å². The minimum atomic E-state index is -2.02. The number of aromatic nitrogens is 1. The maximum atomic E-state index is 12.3. The Hall–Kier alpha value is -1.84. The Kier molecular flexibility index (Phi) is 3.01. The molecule has 0 fully saturated rings. The van der Waals surface area contributed by atoms with E-state index in [9.17, 15) is 8.63 Å². The fourth-order valence-corrected chi connectivity index (χ4v) is 4.95. The number of pyridine rings is 1. The van der Waals surface area contributed by atoms with Crippen molar-refractivity contribution in [3.05, 3.63) is 53.9 Å². The number of hydrogen-bond donors (Lipinski definition) is 0. The van der Waals surface area contributed by atoms with Gasteiger partial charge in [-0.1, -0.05) is 0 Å². The van der Waals surface area contributed by atoms with Gasteiger partial charge in [0.1, 0.15) is 0 Å². The standard InChI is InChI=1S/C14H12N2O2Se/c1-16-9-19(18)13-7-10(4-5-12(13)16)14(17)11-3-2-6-15-8-11/h2-8H,9H2,1H3. The Morgan fingerprint density at radius 1 is 1.32 bits per heavy atom. The molecule has 0 N–H and O–H groups in total. The molecule has 1 unspecified atom stereocenters. The normalized spacial score (nSPS) is 17.3. The molecule has 0 saturated carbocycles. The zero-order valence-electron chi connectivity index (χ0n) is 10.4. The summed E-state index contributed by atoms with van der Waals surface area (Å²) in [7, 11) is 1.92. The minimum absolute atomic E-state index is 0.0794. The monoisotopic (exact) mass is 320 g/mol. The third kappa shape index (κ3) is 2.11. The molecule has 4 nitrogen and oxygen atoms in total. The summed E-state index contributed by atoms with van der Waals surface area (Å²) in [5.41, 5.74) is 2.69. The molecular weight excluding hydrogens is 307 g/mol. The van der Waals surface area contributed by atoms with E-state index in [1.807, 2.05) is 18.0 Å². The molecule has 0 amide bonds. The predicted octanol–water partition coefficient (Wildman–Crippen LogP) is 0.931. The molecule has 1 aromatic heterocycles. The second-order valence-corrected chi connectivity index (χ2v) is 7.34. The third-order valence-electron chi connectivity index (χ3n) is 3.11. The molecule has 0 radical (unpaired) electrons. The third-order valence-corrected chi connectivity index (χ3v) is 6.13. The molecule has 3 rings (SSSR count). The van der Waals surface area contributed by atoms with Crippen LogP contribution in [0.3, 0.4) is 0 Å². The van der Waals surface area contributed by atoms with Crippen LogP contribution in [0, 0.1) is 0 Å². The van der Waals surface area contributed by atoms with Crippen molar-refractivity contribution in [1.82, 2.24) is 4.98 Å². The second kappa shape index (κ2) is 4.68. The summed E-state index contributed by atoms with van der Waals surface area (Å²) in [6.07, 6.45) is 3.18. The molecule has 19 heavy (non-hydrogen) atoms. The Morgan fingerprint density at radius 2 is 2.16 bits per heavy atom. The number of fused-ring (bicyclic) bond motifs is 1. The number of ketones is 1. The molecule has 2 aromatic rings. The number of hydrogen-bond acceptors (Lipinski definition) is 4. The average Bonchev–Trinajstić information content (AvgIpc) is 2.74. The zero-order valence-corrected chi connectivity index (χ0v) is 12.1. The van der Waals surface area contributed by atoms with Gasteiger partial charge in [0, 0.05) is 0 Å². The van der Waals surface area contributed by atoms with E-state index in [0.29, 0.717) is 16.6 Å². The van der Waals surface area contributed by atoms with Gasteiger partial charge in [-0.05, 0) is 0 Å². The van der Waals surface area contributed by atoms with Gasteiger partial charge in [-0.25, -0.2) is 0 Å². The molecule has 5 heteroatoms. The van der Waals surface area contributed by atoms with E-state index in [-0.39, 0.29) is 5.78 Å². The van der Waals surface area contributed by atoms with Gasteiger partial charge in [0.05, 0.1) is 0 Å². The molecule has 1 atom stereocenters. The van der Waals surface area contributed by atoms with Crippen LogP contribution in [-0.4, -0.2) is 37.1 Å². The van der Waals surface area contributed by atoms with Gasteiger partial charge in [0.15, 0.2) is 0 Å². The number of nitrogens with zero attached hydrogens (tertiary/aromatic N) is 2. The van der Waals surface area contributed by atoms with Crippen molar-refractivity contribution in [2.24, 2.45) is 0 Å². The number of carbonyl (C=O) groups excluding carboxylic acids is 1. The maximum absolute atomic E-state index is 12.3. The Balaban J connectivity index is 2.02. The molecule has 1 aliphatic heterocycles. The van der Waals surface area contributed by atoms with E-state index in [1.165, 1.54) is 0 Å². The molecule has 0 saturated heterocycles. The summed E-state index contributed by atoms with van der Waals surface area (Å²) in [5, 5.41) is 0. The quantitative estimate of drug-likeness (QED) is 0.610. The summed E-state index contributed by atoms with van der Waals surface area (Å²) in [6.45, 7) is 0. The second-order valence-electron chi connectivity index (χ2n) is 4.43. The van der Waals surface area contributed by atoms with Crippen LogP contribution in [0.1, 0.15) is 15.9 Å². The van der Waals surface area contributed by atoms with Crippen LogP contribution >= 0.6 is 0 Å². The van der Waals surface area contributed by atoms with Crippen molar-refractivity contribution in [3.63, 3.8) is 0 Å². The molecule has 0 spiro atoms. The van der Waals surface area contributed by atoms with Gasteiger partial charge in [0.25, 0.3) is 0 Å². The van der Waals surface area contributed by atoms with Crippen LogP contribution < -0.4 is 9.36 Å². The molecular formula is C14H12N2O2Se. The zero-order chi connectivity index (χ0) is 13.4. The first-order valence-corrected chi connectivity index (χ1v) is 8.62. The Morgan fingerprint density at radius 3 is 2.89 bits per heavy atom. The van der Waals surface area contributed by atoms with Crippen molar-refractivity contribution in [3.8, 4) is 0 Å². The van der Waals surface area contributed by atoms with Crippen molar-refractivity contribution >= 4 is 29.8 Å². The van der Waals surface area contributed by atoms with Gasteiger partial charge in [-0.3, -0.25) is 0 Å². The number of benzene rings is 1. The molecule has 0 aliphatic carbocycles. The Bertz CT molecular complexity index is 670. The van der Waals surface area contributed by atoms with E-state index in [0.717, 1.165) is 10.1 Å². The summed E-state index contributed by atoms with van der Waals surface area (Å²) >= 11 is -2.02. The first kappa shape index (κ1) is 12.2. The van der Waals surface area contributed by atoms with E-state index < -0.39 is 13.8 Å². The fourth-order valence-electron chi connectivity index (χ4n) is 2.13. The summed E-state index contributed by atoms with van der Waals surface area (Å²) in [4.78, 5) is 18.2. The van der Waals surface area contributed by atoms with Gasteiger partial charge in [0.2, 0.25) is 0 Å². The summed E-state index contributed by atoms with van der Waals surface area (Å²) in [5.74, 6) is -0.0794. The van der Waals surface area contributed by atoms with E-state index in [4.69, 9.17) is 0 Å². The van der Waals surface area contributed by atoms with Gasteiger partial charge in [-0.2, -0.15) is 0 Å². The predicted molar refractivity (Wildman–Crippen MR) is 73.5 cm³/mol. The number of anilines is 1. The van der Waals surface area contributed by atoms with E-state index in [1.54, 1.807) is 36.7 Å². The summed E-state index contributed by atoms with van der Waals surface area (Å²) < 4.78 is 12.9. The van der Waals surface area contributed by atoms with E-state index >= 15 is 0 Å². The summed E-state index contributed by atoms with van der Waals surface area (Å²) in [6, 6.07) is 8.90. The van der Waals surface area contributed by atoms with Gasteiger partial charge in [-0.15, -0.1) is 0 Å². The molecule has 96 valence electrons. The average molecular weight is 319 g/mol. The fraction of sp³-hybridized carbons (Fsp3) is 0.143. The van der Waals surface area contributed by atoms with Crippen LogP contribution in [0.4, 0.5) is 5.69 Å². The molecule has 1 aliphatic rings. The molecule has 2 heterocycles. The number of rotatable bonds is 2. The van der Waals surface area contributed by atoms with Crippen molar-refractivity contribution in [2.45, 2.75) is 0 Å². The van der Waals surface area contributed by atoms with Crippen LogP contribution in [0.15, 0.2) is 42.7 Å². The van der Waals surface area contributed by atoms with Gasteiger partial charge < -0.3 is 0 Å². The van der Waals surface area contributed by atoms with Crippen LogP contribution in [0.5, 0.6) is 0 Å². The number of carbonyl (C=O) groups is 1. The molecule has 1 aromatic carbocycles. The van der Waals surface area contributed by atoms with Crippen LogP contribution in [-0.2, 0) is 3.83 Å². The first-order valence-electron chi connectivity index (χ1n) is 5.85. The topological polar surface area (TPSA) is 50.3 Å². The molecule has 0 bridgehead atoms. The van der Waals surface area contributed by atoms with Crippen LogP contribution in [0.2, 0.25) is 0 Å². The SMILES string of the molecule is CN1C[Se](=O)c2cc(C(=O)c3cccnc3)ccc21. The van der Waals surface area contributed by atoms with Crippen LogP contribution in [0.25, 0.3) is 0 Å². The van der Waals surface area contributed by atoms with Crippen molar-refractivity contribution in [2.75, 3.05) is 17.4 Å². The van der Waals surface area contributed by atoms with Crippen molar-refractivity contribution < 1.29 is 8.63 Å². The van der Waals surface area contributed by atoms with Gasteiger partial charge >= 0.3 is 115 Å². The van der Waals surface area contributed by atoms with E-state index in [2.05, 4.69) is 4.98 Å².